The monoisotopic (exact) mass is 259 g/mol. The first-order valence-electron chi connectivity index (χ1n) is 7.04. The number of hydrogen-bond acceptors (Lipinski definition) is 4. The highest BCUT2D eigenvalue weighted by Crippen LogP contribution is 2.03. The molecule has 108 valence electrons. The summed E-state index contributed by atoms with van der Waals surface area (Å²) in [5.41, 5.74) is 0. The Morgan fingerprint density at radius 2 is 1.94 bits per heavy atom. The molecule has 0 radical (unpaired) electrons. The van der Waals surface area contributed by atoms with Crippen LogP contribution in [0.2, 0.25) is 0 Å². The topological polar surface area (TPSA) is 47.6 Å². The summed E-state index contributed by atoms with van der Waals surface area (Å²) >= 11 is 0. The van der Waals surface area contributed by atoms with Crippen LogP contribution in [0.5, 0.6) is 0 Å². The molecule has 0 saturated heterocycles. The molecule has 4 nitrogen and oxygen atoms in total. The van der Waals surface area contributed by atoms with Crippen molar-refractivity contribution >= 4 is 5.97 Å². The van der Waals surface area contributed by atoms with Gasteiger partial charge in [0.1, 0.15) is 6.04 Å². The minimum absolute atomic E-state index is 0.151. The van der Waals surface area contributed by atoms with Crippen LogP contribution >= 0.6 is 0 Å². The van der Waals surface area contributed by atoms with E-state index in [-0.39, 0.29) is 12.0 Å². The molecule has 0 spiro atoms. The lowest BCUT2D eigenvalue weighted by atomic mass is 10.1. The summed E-state index contributed by atoms with van der Waals surface area (Å²) in [6.45, 7) is 7.83. The van der Waals surface area contributed by atoms with Gasteiger partial charge in [0.25, 0.3) is 0 Å². The number of nitrogens with one attached hydrogen (secondary N) is 1. The van der Waals surface area contributed by atoms with Gasteiger partial charge in [-0.3, -0.25) is 4.79 Å². The maximum absolute atomic E-state index is 11.5. The molecule has 18 heavy (non-hydrogen) atoms. The van der Waals surface area contributed by atoms with Crippen molar-refractivity contribution in [2.75, 3.05) is 20.3 Å². The maximum atomic E-state index is 11.5. The molecule has 0 amide bonds. The molecule has 0 fully saturated rings. The van der Waals surface area contributed by atoms with Crippen molar-refractivity contribution in [1.29, 1.82) is 0 Å². The Morgan fingerprint density at radius 3 is 2.50 bits per heavy atom. The zero-order chi connectivity index (χ0) is 13.8. The van der Waals surface area contributed by atoms with Crippen LogP contribution in [0.1, 0.15) is 52.9 Å². The van der Waals surface area contributed by atoms with Gasteiger partial charge in [-0.25, -0.2) is 0 Å². The lowest BCUT2D eigenvalue weighted by Gasteiger charge is -2.16. The summed E-state index contributed by atoms with van der Waals surface area (Å²) in [6.07, 6.45) is 5.33. The van der Waals surface area contributed by atoms with Crippen molar-refractivity contribution in [3.63, 3.8) is 0 Å². The molecule has 0 aromatic heterocycles. The van der Waals surface area contributed by atoms with Crippen molar-refractivity contribution in [3.05, 3.63) is 0 Å². The summed E-state index contributed by atoms with van der Waals surface area (Å²) in [4.78, 5) is 11.5. The van der Waals surface area contributed by atoms with Crippen molar-refractivity contribution in [1.82, 2.24) is 5.32 Å². The highest BCUT2D eigenvalue weighted by atomic mass is 16.5. The Bertz CT molecular complexity index is 207. The molecule has 0 aliphatic heterocycles. The van der Waals surface area contributed by atoms with Crippen molar-refractivity contribution in [3.8, 4) is 0 Å². The SMILES string of the molecule is CCCCC(NCCCCOC(C)C)C(=O)OC. The van der Waals surface area contributed by atoms with Crippen molar-refractivity contribution < 1.29 is 14.3 Å². The first-order chi connectivity index (χ1) is 8.61. The third-order valence-electron chi connectivity index (χ3n) is 2.75. The number of hydrogen-bond donors (Lipinski definition) is 1. The van der Waals surface area contributed by atoms with Gasteiger partial charge in [0.15, 0.2) is 0 Å². The molecule has 0 bridgehead atoms. The fraction of sp³-hybridized carbons (Fsp3) is 0.929. The van der Waals surface area contributed by atoms with Gasteiger partial charge in [-0.2, -0.15) is 0 Å². The second kappa shape index (κ2) is 11.5. The first-order valence-corrected chi connectivity index (χ1v) is 7.04. The summed E-state index contributed by atoms with van der Waals surface area (Å²) in [7, 11) is 1.44. The molecule has 1 atom stereocenters. The van der Waals surface area contributed by atoms with E-state index < -0.39 is 0 Å². The van der Waals surface area contributed by atoms with E-state index in [4.69, 9.17) is 9.47 Å². The number of carbonyl (C=O) groups excluding carboxylic acids is 1. The Balaban J connectivity index is 3.65. The fourth-order valence-electron chi connectivity index (χ4n) is 1.68. The summed E-state index contributed by atoms with van der Waals surface area (Å²) in [5, 5.41) is 3.26. The second-order valence-electron chi connectivity index (χ2n) is 4.80. The van der Waals surface area contributed by atoms with Gasteiger partial charge in [-0.1, -0.05) is 19.8 Å². The van der Waals surface area contributed by atoms with E-state index in [1.165, 1.54) is 7.11 Å². The molecule has 0 rings (SSSR count). The number of esters is 1. The molecule has 0 aliphatic rings. The van der Waals surface area contributed by atoms with Crippen molar-refractivity contribution in [2.24, 2.45) is 0 Å². The Morgan fingerprint density at radius 1 is 1.22 bits per heavy atom. The zero-order valence-electron chi connectivity index (χ0n) is 12.3. The van der Waals surface area contributed by atoms with Crippen LogP contribution in [0, 0.1) is 0 Å². The van der Waals surface area contributed by atoms with Crippen LogP contribution in [-0.2, 0) is 14.3 Å². The van der Waals surface area contributed by atoms with Crippen LogP contribution in [0.15, 0.2) is 0 Å². The molecule has 1 unspecified atom stereocenters. The van der Waals surface area contributed by atoms with Crippen LogP contribution < -0.4 is 5.32 Å². The van der Waals surface area contributed by atoms with Gasteiger partial charge in [0.05, 0.1) is 13.2 Å². The van der Waals surface area contributed by atoms with E-state index in [9.17, 15) is 4.79 Å². The highest BCUT2D eigenvalue weighted by Gasteiger charge is 2.16. The number of carbonyl (C=O) groups is 1. The third-order valence-corrected chi connectivity index (χ3v) is 2.75. The molecular weight excluding hydrogens is 230 g/mol. The molecule has 0 saturated carbocycles. The van der Waals surface area contributed by atoms with Crippen molar-refractivity contribution in [2.45, 2.75) is 65.0 Å². The summed E-state index contributed by atoms with van der Waals surface area (Å²) in [6, 6.07) is -0.152. The summed E-state index contributed by atoms with van der Waals surface area (Å²) < 4.78 is 10.3. The largest absolute Gasteiger partial charge is 0.468 e. The van der Waals surface area contributed by atoms with E-state index in [0.717, 1.165) is 45.3 Å². The molecule has 0 heterocycles. The minimum Gasteiger partial charge on any atom is -0.468 e. The predicted molar refractivity (Wildman–Crippen MR) is 73.7 cm³/mol. The highest BCUT2D eigenvalue weighted by molar-refractivity contribution is 5.75. The van der Waals surface area contributed by atoms with Gasteiger partial charge in [0.2, 0.25) is 0 Å². The fourth-order valence-corrected chi connectivity index (χ4v) is 1.68. The molecule has 0 aromatic carbocycles. The van der Waals surface area contributed by atoms with E-state index in [1.54, 1.807) is 0 Å². The Kier molecular flexibility index (Phi) is 11.1. The summed E-state index contributed by atoms with van der Waals surface area (Å²) in [5.74, 6) is -0.151. The van der Waals surface area contributed by atoms with Gasteiger partial charge >= 0.3 is 5.97 Å². The van der Waals surface area contributed by atoms with E-state index in [2.05, 4.69) is 12.2 Å². The average molecular weight is 259 g/mol. The van der Waals surface area contributed by atoms with E-state index in [0.29, 0.717) is 6.10 Å². The number of unbranched alkanes of at least 4 members (excludes halogenated alkanes) is 2. The van der Waals surface area contributed by atoms with E-state index >= 15 is 0 Å². The smallest absolute Gasteiger partial charge is 0.322 e. The molecule has 1 N–H and O–H groups in total. The average Bonchev–Trinajstić information content (AvgIpc) is 2.35. The van der Waals surface area contributed by atoms with Gasteiger partial charge in [-0.05, 0) is 39.7 Å². The Hall–Kier alpha value is -0.610. The molecule has 4 heteroatoms. The predicted octanol–water partition coefficient (Wildman–Crippen LogP) is 2.51. The lowest BCUT2D eigenvalue weighted by Crippen LogP contribution is -2.38. The van der Waals surface area contributed by atoms with E-state index in [1.807, 2.05) is 13.8 Å². The van der Waals surface area contributed by atoms with Crippen LogP contribution in [0.4, 0.5) is 0 Å². The Labute approximate surface area is 111 Å². The zero-order valence-corrected chi connectivity index (χ0v) is 12.3. The lowest BCUT2D eigenvalue weighted by molar-refractivity contribution is -0.143. The van der Waals surface area contributed by atoms with Gasteiger partial charge < -0.3 is 14.8 Å². The molecule has 0 aromatic rings. The number of ether oxygens (including phenoxy) is 2. The molecular formula is C14H29NO3. The van der Waals surface area contributed by atoms with Gasteiger partial charge in [0, 0.05) is 6.61 Å². The third kappa shape index (κ3) is 9.42. The second-order valence-corrected chi connectivity index (χ2v) is 4.80. The standard InChI is InChI=1S/C14H29NO3/c1-5-6-9-13(14(16)17-4)15-10-7-8-11-18-12(2)3/h12-13,15H,5-11H2,1-4H3. The quantitative estimate of drug-likeness (QED) is 0.457. The number of methoxy groups -OCH3 is 1. The van der Waals surface area contributed by atoms with Crippen LogP contribution in [0.25, 0.3) is 0 Å². The first kappa shape index (κ1) is 17.4. The maximum Gasteiger partial charge on any atom is 0.322 e. The minimum atomic E-state index is -0.152. The normalized spacial score (nSPS) is 12.7. The molecule has 0 aliphatic carbocycles. The van der Waals surface area contributed by atoms with Gasteiger partial charge in [-0.15, -0.1) is 0 Å². The van der Waals surface area contributed by atoms with Crippen LogP contribution in [0.3, 0.4) is 0 Å². The number of rotatable bonds is 11. The van der Waals surface area contributed by atoms with Crippen LogP contribution in [-0.4, -0.2) is 38.4 Å².